The number of urea groups is 1. The molecular formula is C16H19ClN4O2. The monoisotopic (exact) mass is 334 g/mol. The van der Waals surface area contributed by atoms with Gasteiger partial charge in [0.25, 0.3) is 0 Å². The molecule has 0 spiro atoms. The summed E-state index contributed by atoms with van der Waals surface area (Å²) in [7, 11) is 3.31. The maximum Gasteiger partial charge on any atom is 0.318 e. The number of amides is 2. The van der Waals surface area contributed by atoms with Crippen molar-refractivity contribution in [1.82, 2.24) is 20.2 Å². The van der Waals surface area contributed by atoms with E-state index in [0.717, 1.165) is 5.56 Å². The van der Waals surface area contributed by atoms with E-state index in [1.54, 1.807) is 49.8 Å². The predicted molar refractivity (Wildman–Crippen MR) is 88.4 cm³/mol. The molecule has 0 aliphatic rings. The van der Waals surface area contributed by atoms with Gasteiger partial charge in [-0.1, -0.05) is 23.7 Å². The van der Waals surface area contributed by atoms with Crippen LogP contribution < -0.4 is 5.32 Å². The van der Waals surface area contributed by atoms with Gasteiger partial charge in [0.1, 0.15) is 0 Å². The Morgan fingerprint density at radius 3 is 2.70 bits per heavy atom. The molecule has 0 aliphatic carbocycles. The summed E-state index contributed by atoms with van der Waals surface area (Å²) >= 11 is 5.94. The van der Waals surface area contributed by atoms with Crippen molar-refractivity contribution in [2.24, 2.45) is 0 Å². The molecule has 0 saturated heterocycles. The highest BCUT2D eigenvalue weighted by Crippen LogP contribution is 2.21. The van der Waals surface area contributed by atoms with Crippen molar-refractivity contribution in [2.45, 2.75) is 6.04 Å². The predicted octanol–water partition coefficient (Wildman–Crippen LogP) is 2.51. The highest BCUT2D eigenvalue weighted by molar-refractivity contribution is 6.30. The summed E-state index contributed by atoms with van der Waals surface area (Å²) in [4.78, 5) is 22.3. The average molecular weight is 335 g/mol. The SMILES string of the molecule is COCCN(C)C(=O)NC(c1ccc(Cl)cc1)c1cnccn1. The Labute approximate surface area is 140 Å². The van der Waals surface area contributed by atoms with E-state index >= 15 is 0 Å². The van der Waals surface area contributed by atoms with Gasteiger partial charge in [0, 0.05) is 38.1 Å². The quantitative estimate of drug-likeness (QED) is 0.881. The lowest BCUT2D eigenvalue weighted by molar-refractivity contribution is 0.158. The fourth-order valence-corrected chi connectivity index (χ4v) is 2.13. The summed E-state index contributed by atoms with van der Waals surface area (Å²) < 4.78 is 4.99. The molecule has 122 valence electrons. The summed E-state index contributed by atoms with van der Waals surface area (Å²) in [6.45, 7) is 0.969. The Morgan fingerprint density at radius 1 is 1.35 bits per heavy atom. The summed E-state index contributed by atoms with van der Waals surface area (Å²) in [5.74, 6) is 0. The van der Waals surface area contributed by atoms with E-state index in [2.05, 4.69) is 15.3 Å². The Morgan fingerprint density at radius 2 is 2.09 bits per heavy atom. The number of methoxy groups -OCH3 is 1. The van der Waals surface area contributed by atoms with Crippen LogP contribution in [-0.2, 0) is 4.74 Å². The summed E-state index contributed by atoms with van der Waals surface area (Å²) in [6, 6.07) is 6.65. The van der Waals surface area contributed by atoms with Gasteiger partial charge in [-0.05, 0) is 17.7 Å². The Hall–Kier alpha value is -2.18. The van der Waals surface area contributed by atoms with Crippen LogP contribution in [0, 0.1) is 0 Å². The first-order chi connectivity index (χ1) is 11.1. The molecule has 1 atom stereocenters. The first kappa shape index (κ1) is 17.2. The normalized spacial score (nSPS) is 11.8. The van der Waals surface area contributed by atoms with Crippen LogP contribution in [0.15, 0.2) is 42.9 Å². The van der Waals surface area contributed by atoms with E-state index in [0.29, 0.717) is 23.9 Å². The topological polar surface area (TPSA) is 67.3 Å². The summed E-state index contributed by atoms with van der Waals surface area (Å²) in [6.07, 6.45) is 4.82. The van der Waals surface area contributed by atoms with Crippen molar-refractivity contribution < 1.29 is 9.53 Å². The van der Waals surface area contributed by atoms with Crippen LogP contribution in [0.5, 0.6) is 0 Å². The molecule has 0 saturated carbocycles. The molecule has 2 aromatic rings. The fourth-order valence-electron chi connectivity index (χ4n) is 2.01. The fraction of sp³-hybridized carbons (Fsp3) is 0.312. The Bertz CT molecular complexity index is 622. The van der Waals surface area contributed by atoms with Gasteiger partial charge in [-0.15, -0.1) is 0 Å². The molecule has 1 unspecified atom stereocenters. The highest BCUT2D eigenvalue weighted by Gasteiger charge is 2.20. The smallest absolute Gasteiger partial charge is 0.318 e. The second-order valence-corrected chi connectivity index (χ2v) is 5.42. The van der Waals surface area contributed by atoms with Crippen molar-refractivity contribution in [3.63, 3.8) is 0 Å². The third kappa shape index (κ3) is 4.91. The molecule has 6 nitrogen and oxygen atoms in total. The van der Waals surface area contributed by atoms with Crippen molar-refractivity contribution in [2.75, 3.05) is 27.3 Å². The molecule has 2 rings (SSSR count). The number of carbonyl (C=O) groups is 1. The minimum absolute atomic E-state index is 0.215. The van der Waals surface area contributed by atoms with E-state index < -0.39 is 6.04 Å². The molecule has 1 N–H and O–H groups in total. The molecular weight excluding hydrogens is 316 g/mol. The molecule has 0 radical (unpaired) electrons. The first-order valence-corrected chi connectivity index (χ1v) is 7.51. The maximum atomic E-state index is 12.4. The van der Waals surface area contributed by atoms with Gasteiger partial charge in [-0.3, -0.25) is 9.97 Å². The molecule has 0 fully saturated rings. The molecule has 1 heterocycles. The number of ether oxygens (including phenoxy) is 1. The van der Waals surface area contributed by atoms with Crippen molar-refractivity contribution in [3.05, 3.63) is 59.1 Å². The molecule has 1 aromatic carbocycles. The van der Waals surface area contributed by atoms with E-state index in [1.165, 1.54) is 0 Å². The number of aromatic nitrogens is 2. The summed E-state index contributed by atoms with van der Waals surface area (Å²) in [5.41, 5.74) is 1.53. The molecule has 23 heavy (non-hydrogen) atoms. The zero-order valence-corrected chi connectivity index (χ0v) is 13.8. The third-order valence-corrected chi connectivity index (χ3v) is 3.58. The van der Waals surface area contributed by atoms with Gasteiger partial charge in [-0.2, -0.15) is 0 Å². The molecule has 0 bridgehead atoms. The molecule has 1 aromatic heterocycles. The molecule has 7 heteroatoms. The van der Waals surface area contributed by atoms with Crippen LogP contribution in [0.1, 0.15) is 17.3 Å². The van der Waals surface area contributed by atoms with Crippen molar-refractivity contribution in [3.8, 4) is 0 Å². The minimum atomic E-state index is -0.404. The number of likely N-dealkylation sites (N-methyl/N-ethyl adjacent to an activating group) is 1. The number of rotatable bonds is 6. The Balaban J connectivity index is 2.21. The lowest BCUT2D eigenvalue weighted by atomic mass is 10.0. The van der Waals surface area contributed by atoms with E-state index in [1.807, 2.05) is 12.1 Å². The van der Waals surface area contributed by atoms with Crippen LogP contribution >= 0.6 is 11.6 Å². The molecule has 0 aliphatic heterocycles. The Kier molecular flexibility index (Phi) is 6.31. The number of nitrogens with one attached hydrogen (secondary N) is 1. The van der Waals surface area contributed by atoms with Crippen LogP contribution in [0.25, 0.3) is 0 Å². The second kappa shape index (κ2) is 8.45. The number of hydrogen-bond donors (Lipinski definition) is 1. The summed E-state index contributed by atoms with van der Waals surface area (Å²) in [5, 5.41) is 3.60. The van der Waals surface area contributed by atoms with E-state index in [4.69, 9.17) is 16.3 Å². The number of halogens is 1. The lowest BCUT2D eigenvalue weighted by Crippen LogP contribution is -2.41. The van der Waals surface area contributed by atoms with Crippen LogP contribution in [-0.4, -0.2) is 48.2 Å². The largest absolute Gasteiger partial charge is 0.383 e. The number of nitrogens with zero attached hydrogens (tertiary/aromatic N) is 3. The third-order valence-electron chi connectivity index (χ3n) is 3.33. The van der Waals surface area contributed by atoms with Crippen molar-refractivity contribution >= 4 is 17.6 Å². The van der Waals surface area contributed by atoms with Gasteiger partial charge in [0.2, 0.25) is 0 Å². The van der Waals surface area contributed by atoms with Gasteiger partial charge in [0.05, 0.1) is 24.5 Å². The lowest BCUT2D eigenvalue weighted by Gasteiger charge is -2.23. The van der Waals surface area contributed by atoms with Gasteiger partial charge < -0.3 is 15.0 Å². The van der Waals surface area contributed by atoms with Crippen LogP contribution in [0.2, 0.25) is 5.02 Å². The molecule has 2 amide bonds. The average Bonchev–Trinajstić information content (AvgIpc) is 2.59. The number of hydrogen-bond acceptors (Lipinski definition) is 4. The number of carbonyl (C=O) groups excluding carboxylic acids is 1. The highest BCUT2D eigenvalue weighted by atomic mass is 35.5. The van der Waals surface area contributed by atoms with Gasteiger partial charge in [0.15, 0.2) is 0 Å². The zero-order valence-electron chi connectivity index (χ0n) is 13.1. The van der Waals surface area contributed by atoms with E-state index in [-0.39, 0.29) is 6.03 Å². The van der Waals surface area contributed by atoms with Crippen molar-refractivity contribution in [1.29, 1.82) is 0 Å². The van der Waals surface area contributed by atoms with Gasteiger partial charge >= 0.3 is 6.03 Å². The first-order valence-electron chi connectivity index (χ1n) is 7.13. The van der Waals surface area contributed by atoms with Gasteiger partial charge in [-0.25, -0.2) is 4.79 Å². The number of benzene rings is 1. The van der Waals surface area contributed by atoms with Crippen LogP contribution in [0.3, 0.4) is 0 Å². The standard InChI is InChI=1S/C16H19ClN4O2/c1-21(9-10-23-2)16(22)20-15(14-11-18-7-8-19-14)12-3-5-13(17)6-4-12/h3-8,11,15H,9-10H2,1-2H3,(H,20,22). The maximum absolute atomic E-state index is 12.4. The minimum Gasteiger partial charge on any atom is -0.383 e. The van der Waals surface area contributed by atoms with Crippen LogP contribution in [0.4, 0.5) is 4.79 Å². The second-order valence-electron chi connectivity index (χ2n) is 4.98. The zero-order chi connectivity index (χ0) is 16.7. The van der Waals surface area contributed by atoms with E-state index in [9.17, 15) is 4.79 Å².